The van der Waals surface area contributed by atoms with Crippen LogP contribution in [0.5, 0.6) is 0 Å². The van der Waals surface area contributed by atoms with Crippen LogP contribution in [0.4, 0.5) is 5.69 Å². The maximum Gasteiger partial charge on any atom is 0.0368 e. The molecule has 2 rings (SSSR count). The van der Waals surface area contributed by atoms with Gasteiger partial charge < -0.3 is 10.6 Å². The second-order valence-electron chi connectivity index (χ2n) is 4.79. The minimum atomic E-state index is 0.185. The minimum absolute atomic E-state index is 0.185. The van der Waals surface area contributed by atoms with E-state index in [4.69, 9.17) is 5.73 Å². The van der Waals surface area contributed by atoms with Gasteiger partial charge in [0.05, 0.1) is 0 Å². The summed E-state index contributed by atoms with van der Waals surface area (Å²) in [6, 6.07) is 9.65. The van der Waals surface area contributed by atoms with Gasteiger partial charge >= 0.3 is 0 Å². The molecule has 0 aliphatic carbocycles. The first kappa shape index (κ1) is 11.5. The molecule has 1 fully saturated rings. The predicted molar refractivity (Wildman–Crippen MR) is 69.7 cm³/mol. The number of rotatable bonds is 3. The average molecular weight is 218 g/mol. The maximum atomic E-state index is 6.01. The Balaban J connectivity index is 2.12. The van der Waals surface area contributed by atoms with Crippen LogP contribution >= 0.6 is 0 Å². The lowest BCUT2D eigenvalue weighted by Gasteiger charge is -2.24. The lowest BCUT2D eigenvalue weighted by molar-refractivity contribution is 0.697. The third kappa shape index (κ3) is 2.22. The van der Waals surface area contributed by atoms with Crippen LogP contribution in [0.15, 0.2) is 24.3 Å². The molecular formula is C14H22N2. The molecule has 0 amide bonds. The fourth-order valence-corrected chi connectivity index (χ4v) is 2.47. The van der Waals surface area contributed by atoms with Gasteiger partial charge in [0, 0.05) is 24.3 Å². The lowest BCUT2D eigenvalue weighted by Crippen LogP contribution is -2.26. The normalized spacial score (nSPS) is 22.4. The van der Waals surface area contributed by atoms with Crippen molar-refractivity contribution in [2.24, 2.45) is 5.73 Å². The van der Waals surface area contributed by atoms with Crippen molar-refractivity contribution in [3.63, 3.8) is 0 Å². The summed E-state index contributed by atoms with van der Waals surface area (Å²) in [6.45, 7) is 5.63. The van der Waals surface area contributed by atoms with Crippen LogP contribution in [0, 0.1) is 0 Å². The highest BCUT2D eigenvalue weighted by atomic mass is 15.2. The summed E-state index contributed by atoms with van der Waals surface area (Å²) in [5.41, 5.74) is 8.60. The van der Waals surface area contributed by atoms with Gasteiger partial charge in [0.15, 0.2) is 0 Å². The molecule has 0 radical (unpaired) electrons. The molecule has 1 aromatic carbocycles. The van der Waals surface area contributed by atoms with Gasteiger partial charge in [0.2, 0.25) is 0 Å². The zero-order valence-electron chi connectivity index (χ0n) is 10.3. The Labute approximate surface area is 98.4 Å². The first-order chi connectivity index (χ1) is 7.72. The monoisotopic (exact) mass is 218 g/mol. The summed E-state index contributed by atoms with van der Waals surface area (Å²) in [5.74, 6) is 0. The minimum Gasteiger partial charge on any atom is -0.369 e. The predicted octanol–water partition coefficient (Wildman–Crippen LogP) is 3.09. The number of hydrogen-bond acceptors (Lipinski definition) is 2. The smallest absolute Gasteiger partial charge is 0.0368 e. The van der Waals surface area contributed by atoms with Crippen LogP contribution in [0.2, 0.25) is 0 Å². The molecule has 1 saturated heterocycles. The lowest BCUT2D eigenvalue weighted by atomic mass is 10.0. The first-order valence-corrected chi connectivity index (χ1v) is 6.34. The van der Waals surface area contributed by atoms with Gasteiger partial charge in [-0.1, -0.05) is 19.1 Å². The molecule has 2 nitrogen and oxygen atoms in total. The second-order valence-corrected chi connectivity index (χ2v) is 4.79. The second kappa shape index (κ2) is 4.88. The van der Waals surface area contributed by atoms with Crippen LogP contribution in [0.1, 0.15) is 44.7 Å². The quantitative estimate of drug-likeness (QED) is 0.844. The standard InChI is InChI=1S/C14H22N2/c1-3-14(15)12-6-8-13(9-7-12)16-10-4-5-11(16)2/h6-9,11,14H,3-5,10,15H2,1-2H3/t11?,14-/m1/s1. The Hall–Kier alpha value is -1.02. The van der Waals surface area contributed by atoms with Crippen molar-refractivity contribution >= 4 is 5.69 Å². The molecule has 88 valence electrons. The molecule has 1 aliphatic heterocycles. The maximum absolute atomic E-state index is 6.01. The fourth-order valence-electron chi connectivity index (χ4n) is 2.47. The number of anilines is 1. The molecule has 2 atom stereocenters. The Morgan fingerprint density at radius 1 is 1.38 bits per heavy atom. The molecular weight excluding hydrogens is 196 g/mol. The molecule has 0 saturated carbocycles. The number of benzene rings is 1. The van der Waals surface area contributed by atoms with Gasteiger partial charge in [-0.05, 0) is 43.9 Å². The van der Waals surface area contributed by atoms with Gasteiger partial charge in [0.1, 0.15) is 0 Å². The van der Waals surface area contributed by atoms with Crippen molar-refractivity contribution in [3.8, 4) is 0 Å². The average Bonchev–Trinajstić information content (AvgIpc) is 2.75. The van der Waals surface area contributed by atoms with E-state index < -0.39 is 0 Å². The molecule has 1 aromatic rings. The molecule has 0 spiro atoms. The highest BCUT2D eigenvalue weighted by Gasteiger charge is 2.20. The van der Waals surface area contributed by atoms with E-state index in [-0.39, 0.29) is 6.04 Å². The summed E-state index contributed by atoms with van der Waals surface area (Å²) in [7, 11) is 0. The number of hydrogen-bond donors (Lipinski definition) is 1. The van der Waals surface area contributed by atoms with Crippen molar-refractivity contribution in [2.45, 2.75) is 45.2 Å². The van der Waals surface area contributed by atoms with Crippen LogP contribution in [-0.2, 0) is 0 Å². The van der Waals surface area contributed by atoms with Crippen molar-refractivity contribution in [1.82, 2.24) is 0 Å². The van der Waals surface area contributed by atoms with Gasteiger partial charge in [0.25, 0.3) is 0 Å². The molecule has 1 heterocycles. The summed E-state index contributed by atoms with van der Waals surface area (Å²) in [5, 5.41) is 0. The first-order valence-electron chi connectivity index (χ1n) is 6.34. The van der Waals surface area contributed by atoms with Crippen LogP contribution in [0.3, 0.4) is 0 Å². The molecule has 2 N–H and O–H groups in total. The van der Waals surface area contributed by atoms with Crippen molar-refractivity contribution < 1.29 is 0 Å². The fraction of sp³-hybridized carbons (Fsp3) is 0.571. The summed E-state index contributed by atoms with van der Waals surface area (Å²) in [6.07, 6.45) is 3.63. The van der Waals surface area contributed by atoms with E-state index in [1.165, 1.54) is 30.6 Å². The van der Waals surface area contributed by atoms with Gasteiger partial charge in [-0.25, -0.2) is 0 Å². The highest BCUT2D eigenvalue weighted by molar-refractivity contribution is 5.49. The zero-order chi connectivity index (χ0) is 11.5. The highest BCUT2D eigenvalue weighted by Crippen LogP contribution is 2.26. The topological polar surface area (TPSA) is 29.3 Å². The Morgan fingerprint density at radius 2 is 2.06 bits per heavy atom. The van der Waals surface area contributed by atoms with Crippen LogP contribution in [0.25, 0.3) is 0 Å². The van der Waals surface area contributed by atoms with Gasteiger partial charge in [-0.2, -0.15) is 0 Å². The van der Waals surface area contributed by atoms with Crippen molar-refractivity contribution in [3.05, 3.63) is 29.8 Å². The molecule has 2 heteroatoms. The summed E-state index contributed by atoms with van der Waals surface area (Å²) in [4.78, 5) is 2.49. The van der Waals surface area contributed by atoms with Gasteiger partial charge in [-0.3, -0.25) is 0 Å². The van der Waals surface area contributed by atoms with Crippen LogP contribution < -0.4 is 10.6 Å². The third-order valence-corrected chi connectivity index (χ3v) is 3.65. The molecule has 0 bridgehead atoms. The van der Waals surface area contributed by atoms with E-state index in [2.05, 4.69) is 43.0 Å². The van der Waals surface area contributed by atoms with E-state index in [1.807, 2.05) is 0 Å². The zero-order valence-corrected chi connectivity index (χ0v) is 10.3. The molecule has 1 aliphatic rings. The Bertz CT molecular complexity index is 331. The Morgan fingerprint density at radius 3 is 2.56 bits per heavy atom. The van der Waals surface area contributed by atoms with Crippen molar-refractivity contribution in [2.75, 3.05) is 11.4 Å². The third-order valence-electron chi connectivity index (χ3n) is 3.65. The number of nitrogens with zero attached hydrogens (tertiary/aromatic N) is 1. The largest absolute Gasteiger partial charge is 0.369 e. The van der Waals surface area contributed by atoms with Crippen molar-refractivity contribution in [1.29, 1.82) is 0 Å². The van der Waals surface area contributed by atoms with Crippen LogP contribution in [-0.4, -0.2) is 12.6 Å². The van der Waals surface area contributed by atoms with E-state index in [0.717, 1.165) is 6.42 Å². The Kier molecular flexibility index (Phi) is 3.49. The van der Waals surface area contributed by atoms with E-state index >= 15 is 0 Å². The SMILES string of the molecule is CC[C@@H](N)c1ccc(N2CCCC2C)cc1. The molecule has 1 unspecified atom stereocenters. The number of nitrogens with two attached hydrogens (primary N) is 1. The summed E-state index contributed by atoms with van der Waals surface area (Å²) < 4.78 is 0. The molecule has 16 heavy (non-hydrogen) atoms. The van der Waals surface area contributed by atoms with E-state index in [9.17, 15) is 0 Å². The summed E-state index contributed by atoms with van der Waals surface area (Å²) >= 11 is 0. The van der Waals surface area contributed by atoms with E-state index in [0.29, 0.717) is 6.04 Å². The molecule has 0 aromatic heterocycles. The van der Waals surface area contributed by atoms with E-state index in [1.54, 1.807) is 0 Å². The van der Waals surface area contributed by atoms with Gasteiger partial charge in [-0.15, -0.1) is 0 Å².